The maximum absolute atomic E-state index is 10.1. The van der Waals surface area contributed by atoms with Gasteiger partial charge in [0.25, 0.3) is 5.69 Å². The predicted octanol–water partition coefficient (Wildman–Crippen LogP) is 1.27. The lowest BCUT2D eigenvalue weighted by molar-refractivity contribution is -0.384. The van der Waals surface area contributed by atoms with Crippen LogP contribution in [0.3, 0.4) is 0 Å². The summed E-state index contributed by atoms with van der Waals surface area (Å²) in [6.07, 6.45) is 0. The molecule has 0 aromatic heterocycles. The molecule has 0 atom stereocenters. The Bertz CT molecular complexity index is 262. The summed E-state index contributed by atoms with van der Waals surface area (Å²) in [5.41, 5.74) is 0.0193. The topological polar surface area (TPSA) is 78.4 Å². The molecule has 12 heavy (non-hydrogen) atoms. The highest BCUT2D eigenvalue weighted by Gasteiger charge is 2.02. The minimum absolute atomic E-state index is 0. The van der Waals surface area contributed by atoms with Gasteiger partial charge in [0.1, 0.15) is 5.75 Å². The Hall–Kier alpha value is -1.33. The lowest BCUT2D eigenvalue weighted by Gasteiger charge is -1.95. The molecule has 0 aliphatic carbocycles. The molecule has 6 heteroatoms. The van der Waals surface area contributed by atoms with Gasteiger partial charge >= 0.3 is 0 Å². The van der Waals surface area contributed by atoms with Crippen LogP contribution < -0.4 is 10.7 Å². The van der Waals surface area contributed by atoms with Crippen LogP contribution in [0.4, 0.5) is 5.69 Å². The van der Waals surface area contributed by atoms with Crippen molar-refractivity contribution in [3.05, 3.63) is 34.4 Å². The van der Waals surface area contributed by atoms with Crippen LogP contribution in [-0.4, -0.2) is 4.92 Å². The van der Waals surface area contributed by atoms with Crippen molar-refractivity contribution in [2.45, 2.75) is 0 Å². The van der Waals surface area contributed by atoms with E-state index in [9.17, 15) is 10.1 Å². The Morgan fingerprint density at radius 1 is 1.33 bits per heavy atom. The Kier molecular flexibility index (Phi) is 4.03. The summed E-state index contributed by atoms with van der Waals surface area (Å²) in [6.45, 7) is 0. The highest BCUT2D eigenvalue weighted by atomic mass is 35.5. The van der Waals surface area contributed by atoms with E-state index in [4.69, 9.17) is 5.90 Å². The van der Waals surface area contributed by atoms with E-state index in [1.165, 1.54) is 24.3 Å². The van der Waals surface area contributed by atoms with Crippen LogP contribution in [0.25, 0.3) is 0 Å². The van der Waals surface area contributed by atoms with E-state index in [1.54, 1.807) is 0 Å². The summed E-state index contributed by atoms with van der Waals surface area (Å²) in [5, 5.41) is 10.1. The van der Waals surface area contributed by atoms with E-state index in [0.29, 0.717) is 5.75 Å². The van der Waals surface area contributed by atoms with Crippen molar-refractivity contribution in [3.63, 3.8) is 0 Å². The van der Waals surface area contributed by atoms with Gasteiger partial charge in [-0.2, -0.15) is 5.90 Å². The van der Waals surface area contributed by atoms with Gasteiger partial charge in [-0.1, -0.05) is 0 Å². The Morgan fingerprint density at radius 3 is 2.17 bits per heavy atom. The Morgan fingerprint density at radius 2 is 1.83 bits per heavy atom. The molecular formula is C6H7ClN2O3. The molecule has 0 saturated carbocycles. The number of nitrogens with zero attached hydrogens (tertiary/aromatic N) is 1. The number of benzene rings is 1. The molecule has 0 heterocycles. The van der Waals surface area contributed by atoms with E-state index in [1.807, 2.05) is 0 Å². The molecule has 0 aliphatic rings. The Balaban J connectivity index is 0.00000121. The first kappa shape index (κ1) is 10.7. The number of rotatable bonds is 2. The molecule has 0 bridgehead atoms. The van der Waals surface area contributed by atoms with Crippen LogP contribution in [0.1, 0.15) is 0 Å². The molecule has 0 unspecified atom stereocenters. The van der Waals surface area contributed by atoms with Crippen LogP contribution in [-0.2, 0) is 0 Å². The van der Waals surface area contributed by atoms with Crippen LogP contribution in [0, 0.1) is 10.1 Å². The first-order chi connectivity index (χ1) is 5.24. The van der Waals surface area contributed by atoms with E-state index in [0.717, 1.165) is 0 Å². The summed E-state index contributed by atoms with van der Waals surface area (Å²) in [6, 6.07) is 5.50. The quantitative estimate of drug-likeness (QED) is 0.563. The fourth-order valence-electron chi connectivity index (χ4n) is 0.646. The smallest absolute Gasteiger partial charge is 0.269 e. The summed E-state index contributed by atoms with van der Waals surface area (Å²) in [7, 11) is 0. The number of halogens is 1. The van der Waals surface area contributed by atoms with E-state index in [-0.39, 0.29) is 18.1 Å². The van der Waals surface area contributed by atoms with Crippen molar-refractivity contribution < 1.29 is 9.76 Å². The second-order valence-corrected chi connectivity index (χ2v) is 1.87. The second-order valence-electron chi connectivity index (χ2n) is 1.87. The molecular weight excluding hydrogens is 184 g/mol. The molecule has 0 spiro atoms. The molecule has 0 saturated heterocycles. The first-order valence-corrected chi connectivity index (χ1v) is 2.85. The molecule has 0 fully saturated rings. The van der Waals surface area contributed by atoms with Crippen LogP contribution >= 0.6 is 12.4 Å². The maximum atomic E-state index is 10.1. The zero-order chi connectivity index (χ0) is 8.27. The van der Waals surface area contributed by atoms with Crippen molar-refractivity contribution >= 4 is 18.1 Å². The number of hydrogen-bond acceptors (Lipinski definition) is 4. The highest BCUT2D eigenvalue weighted by Crippen LogP contribution is 2.15. The van der Waals surface area contributed by atoms with Gasteiger partial charge in [-0.3, -0.25) is 10.1 Å². The number of nitro benzene ring substituents is 1. The SMILES string of the molecule is Cl.NOc1ccc([N+](=O)[O-])cc1. The molecule has 0 amide bonds. The summed E-state index contributed by atoms with van der Waals surface area (Å²) >= 11 is 0. The Labute approximate surface area is 74.6 Å². The van der Waals surface area contributed by atoms with Crippen molar-refractivity contribution in [2.24, 2.45) is 5.90 Å². The van der Waals surface area contributed by atoms with Gasteiger partial charge in [0.15, 0.2) is 0 Å². The fraction of sp³-hybridized carbons (Fsp3) is 0. The van der Waals surface area contributed by atoms with Crippen LogP contribution in [0.2, 0.25) is 0 Å². The van der Waals surface area contributed by atoms with Gasteiger partial charge in [-0.05, 0) is 12.1 Å². The van der Waals surface area contributed by atoms with Crippen molar-refractivity contribution in [2.75, 3.05) is 0 Å². The van der Waals surface area contributed by atoms with Gasteiger partial charge in [0, 0.05) is 12.1 Å². The fourth-order valence-corrected chi connectivity index (χ4v) is 0.646. The van der Waals surface area contributed by atoms with Crippen molar-refractivity contribution in [1.82, 2.24) is 0 Å². The molecule has 1 aromatic rings. The number of nitro groups is 1. The van der Waals surface area contributed by atoms with E-state index in [2.05, 4.69) is 4.84 Å². The summed E-state index contributed by atoms with van der Waals surface area (Å²) in [5.74, 6) is 5.20. The average molecular weight is 191 g/mol. The lowest BCUT2D eigenvalue weighted by Crippen LogP contribution is -2.01. The third-order valence-electron chi connectivity index (χ3n) is 1.18. The third kappa shape index (κ3) is 2.37. The lowest BCUT2D eigenvalue weighted by atomic mass is 10.3. The predicted molar refractivity (Wildman–Crippen MR) is 45.2 cm³/mol. The molecule has 1 rings (SSSR count). The van der Waals surface area contributed by atoms with E-state index < -0.39 is 4.92 Å². The molecule has 0 aliphatic heterocycles. The molecule has 5 nitrogen and oxygen atoms in total. The zero-order valence-electron chi connectivity index (χ0n) is 5.97. The first-order valence-electron chi connectivity index (χ1n) is 2.85. The highest BCUT2D eigenvalue weighted by molar-refractivity contribution is 5.85. The molecule has 2 N–H and O–H groups in total. The van der Waals surface area contributed by atoms with Gasteiger partial charge < -0.3 is 4.84 Å². The molecule has 1 aromatic carbocycles. The van der Waals surface area contributed by atoms with Gasteiger partial charge in [-0.15, -0.1) is 12.4 Å². The summed E-state index contributed by atoms with van der Waals surface area (Å²) < 4.78 is 0. The van der Waals surface area contributed by atoms with Crippen LogP contribution in [0.5, 0.6) is 5.75 Å². The number of non-ortho nitro benzene ring substituents is 1. The number of hydrogen-bond donors (Lipinski definition) is 1. The number of nitrogens with two attached hydrogens (primary N) is 1. The largest absolute Gasteiger partial charge is 0.412 e. The van der Waals surface area contributed by atoms with Gasteiger partial charge in [0.05, 0.1) is 4.92 Å². The maximum Gasteiger partial charge on any atom is 0.269 e. The molecule has 66 valence electrons. The van der Waals surface area contributed by atoms with Crippen LogP contribution in [0.15, 0.2) is 24.3 Å². The van der Waals surface area contributed by atoms with Gasteiger partial charge in [0.2, 0.25) is 0 Å². The van der Waals surface area contributed by atoms with Crippen molar-refractivity contribution in [1.29, 1.82) is 0 Å². The van der Waals surface area contributed by atoms with Gasteiger partial charge in [-0.25, -0.2) is 0 Å². The summed E-state index contributed by atoms with van der Waals surface area (Å²) in [4.78, 5) is 14.0. The minimum Gasteiger partial charge on any atom is -0.412 e. The van der Waals surface area contributed by atoms with Crippen molar-refractivity contribution in [3.8, 4) is 5.75 Å². The third-order valence-corrected chi connectivity index (χ3v) is 1.18. The standard InChI is InChI=1S/C6H6N2O3.ClH/c7-11-6-3-1-5(2-4-6)8(9)10;/h1-4H,7H2;1H. The minimum atomic E-state index is -0.486. The normalized spacial score (nSPS) is 8.42. The zero-order valence-corrected chi connectivity index (χ0v) is 6.78. The average Bonchev–Trinajstić information content (AvgIpc) is 2.05. The van der Waals surface area contributed by atoms with E-state index >= 15 is 0 Å². The second kappa shape index (κ2) is 4.53. The molecule has 0 radical (unpaired) electrons. The monoisotopic (exact) mass is 190 g/mol.